The third kappa shape index (κ3) is 4.06. The van der Waals surface area contributed by atoms with E-state index in [1.807, 2.05) is 20.8 Å². The number of hydrogen-bond acceptors (Lipinski definition) is 4. The van der Waals surface area contributed by atoms with Crippen LogP contribution in [0.2, 0.25) is 0 Å². The molecule has 0 aliphatic rings. The van der Waals surface area contributed by atoms with E-state index in [2.05, 4.69) is 5.32 Å². The number of amides is 1. The molecule has 6 heteroatoms. The van der Waals surface area contributed by atoms with E-state index in [9.17, 15) is 9.59 Å². The van der Waals surface area contributed by atoms with Gasteiger partial charge in [-0.25, -0.2) is 4.79 Å². The lowest BCUT2D eigenvalue weighted by Crippen LogP contribution is -2.45. The molecular formula is C15H19ClN2O3. The molecule has 0 spiro atoms. The Bertz CT molecular complexity index is 704. The first kappa shape index (κ1) is 17.2. The highest BCUT2D eigenvalue weighted by molar-refractivity contribution is 5.96. The average molecular weight is 311 g/mol. The standard InChI is InChI=1S/C15H18N2O3.ClH/c1-15(2,3)13(16)14(19)17-10-5-6-11-9(8-10)4-7-12(18)20-11;/h4-8,13H,16H2,1-3H3,(H,17,19);1H/t13-;/m1./s1. The molecule has 3 N–H and O–H groups in total. The highest BCUT2D eigenvalue weighted by atomic mass is 35.5. The Labute approximate surface area is 128 Å². The topological polar surface area (TPSA) is 85.3 Å². The number of carbonyl (C=O) groups excluding carboxylic acids is 1. The second-order valence-electron chi connectivity index (χ2n) is 5.84. The molecule has 0 saturated heterocycles. The summed E-state index contributed by atoms with van der Waals surface area (Å²) in [6, 6.07) is 7.46. The van der Waals surface area contributed by atoms with Gasteiger partial charge in [0.2, 0.25) is 5.91 Å². The quantitative estimate of drug-likeness (QED) is 0.835. The maximum atomic E-state index is 12.0. The molecule has 0 radical (unpaired) electrons. The van der Waals surface area contributed by atoms with Crippen LogP contribution < -0.4 is 16.7 Å². The highest BCUT2D eigenvalue weighted by Crippen LogP contribution is 2.21. The van der Waals surface area contributed by atoms with Crippen molar-refractivity contribution in [3.05, 3.63) is 40.8 Å². The van der Waals surface area contributed by atoms with Gasteiger partial charge >= 0.3 is 5.63 Å². The van der Waals surface area contributed by atoms with Crippen LogP contribution in [-0.4, -0.2) is 11.9 Å². The zero-order valence-corrected chi connectivity index (χ0v) is 13.0. The summed E-state index contributed by atoms with van der Waals surface area (Å²) in [5.41, 5.74) is 6.30. The molecule has 0 aliphatic heterocycles. The fraction of sp³-hybridized carbons (Fsp3) is 0.333. The average Bonchev–Trinajstić information content (AvgIpc) is 2.37. The molecule has 0 unspecified atom stereocenters. The monoisotopic (exact) mass is 310 g/mol. The number of rotatable bonds is 2. The van der Waals surface area contributed by atoms with Gasteiger partial charge in [-0.05, 0) is 29.7 Å². The molecule has 2 rings (SSSR count). The number of fused-ring (bicyclic) bond motifs is 1. The van der Waals surface area contributed by atoms with Crippen molar-refractivity contribution in [1.29, 1.82) is 0 Å². The molecule has 1 aromatic heterocycles. The van der Waals surface area contributed by atoms with Gasteiger partial charge in [-0.15, -0.1) is 12.4 Å². The fourth-order valence-electron chi connectivity index (χ4n) is 1.76. The third-order valence-corrected chi connectivity index (χ3v) is 3.10. The number of hydrogen-bond donors (Lipinski definition) is 2. The molecule has 0 saturated carbocycles. The van der Waals surface area contributed by atoms with Crippen molar-refractivity contribution in [2.45, 2.75) is 26.8 Å². The lowest BCUT2D eigenvalue weighted by Gasteiger charge is -2.25. The minimum atomic E-state index is -0.605. The van der Waals surface area contributed by atoms with Crippen LogP contribution in [0, 0.1) is 5.41 Å². The Morgan fingerprint density at radius 1 is 1.24 bits per heavy atom. The molecule has 2 aromatic rings. The number of benzene rings is 1. The van der Waals surface area contributed by atoms with Crippen LogP contribution in [0.25, 0.3) is 11.0 Å². The van der Waals surface area contributed by atoms with Crippen molar-refractivity contribution in [3.8, 4) is 0 Å². The van der Waals surface area contributed by atoms with Gasteiger partial charge in [0.25, 0.3) is 0 Å². The summed E-state index contributed by atoms with van der Waals surface area (Å²) < 4.78 is 5.03. The summed E-state index contributed by atoms with van der Waals surface area (Å²) in [4.78, 5) is 23.1. The molecule has 1 aromatic carbocycles. The van der Waals surface area contributed by atoms with E-state index in [4.69, 9.17) is 10.2 Å². The Hall–Kier alpha value is -1.85. The van der Waals surface area contributed by atoms with Gasteiger partial charge in [-0.3, -0.25) is 4.79 Å². The largest absolute Gasteiger partial charge is 0.423 e. The number of nitrogens with one attached hydrogen (secondary N) is 1. The summed E-state index contributed by atoms with van der Waals surface area (Å²) in [5.74, 6) is -0.241. The van der Waals surface area contributed by atoms with Crippen molar-refractivity contribution in [2.24, 2.45) is 11.1 Å². The third-order valence-electron chi connectivity index (χ3n) is 3.10. The lowest BCUT2D eigenvalue weighted by atomic mass is 9.87. The maximum absolute atomic E-state index is 12.0. The van der Waals surface area contributed by atoms with Gasteiger partial charge in [-0.1, -0.05) is 20.8 Å². The predicted octanol–water partition coefficient (Wildman–Crippen LogP) is 2.53. The first-order valence-corrected chi connectivity index (χ1v) is 6.38. The zero-order chi connectivity index (χ0) is 14.9. The molecule has 1 atom stereocenters. The molecule has 0 fully saturated rings. The first-order valence-electron chi connectivity index (χ1n) is 6.38. The number of anilines is 1. The van der Waals surface area contributed by atoms with E-state index in [0.717, 1.165) is 5.39 Å². The number of carbonyl (C=O) groups is 1. The van der Waals surface area contributed by atoms with Crippen LogP contribution in [0.1, 0.15) is 20.8 Å². The smallest absolute Gasteiger partial charge is 0.336 e. The van der Waals surface area contributed by atoms with Crippen LogP contribution in [0.5, 0.6) is 0 Å². The van der Waals surface area contributed by atoms with Gasteiger partial charge in [-0.2, -0.15) is 0 Å². The van der Waals surface area contributed by atoms with Gasteiger partial charge in [0.05, 0.1) is 6.04 Å². The van der Waals surface area contributed by atoms with Crippen LogP contribution in [0.15, 0.2) is 39.5 Å². The Balaban J connectivity index is 0.00000220. The SMILES string of the molecule is CC(C)(C)[C@H](N)C(=O)Nc1ccc2oc(=O)ccc2c1.Cl. The summed E-state index contributed by atoms with van der Waals surface area (Å²) in [7, 11) is 0. The van der Waals surface area contributed by atoms with E-state index < -0.39 is 11.7 Å². The molecular weight excluding hydrogens is 292 g/mol. The molecule has 21 heavy (non-hydrogen) atoms. The van der Waals surface area contributed by atoms with Gasteiger partial charge < -0.3 is 15.5 Å². The van der Waals surface area contributed by atoms with Gasteiger partial charge in [0, 0.05) is 17.1 Å². The second kappa shape index (κ2) is 6.28. The summed E-state index contributed by atoms with van der Waals surface area (Å²) in [6.07, 6.45) is 0. The molecule has 114 valence electrons. The van der Waals surface area contributed by atoms with Crippen molar-refractivity contribution in [2.75, 3.05) is 5.32 Å². The van der Waals surface area contributed by atoms with Crippen molar-refractivity contribution < 1.29 is 9.21 Å². The summed E-state index contributed by atoms with van der Waals surface area (Å²) >= 11 is 0. The summed E-state index contributed by atoms with van der Waals surface area (Å²) in [6.45, 7) is 5.73. The van der Waals surface area contributed by atoms with Gasteiger partial charge in [0.1, 0.15) is 5.58 Å². The first-order chi connectivity index (χ1) is 9.27. The molecule has 1 heterocycles. The van der Waals surface area contributed by atoms with Crippen molar-refractivity contribution >= 4 is 35.0 Å². The fourth-order valence-corrected chi connectivity index (χ4v) is 1.76. The van der Waals surface area contributed by atoms with Crippen LogP contribution >= 0.6 is 12.4 Å². The van der Waals surface area contributed by atoms with E-state index in [0.29, 0.717) is 11.3 Å². The maximum Gasteiger partial charge on any atom is 0.336 e. The Morgan fingerprint density at radius 2 is 1.90 bits per heavy atom. The number of halogens is 1. The lowest BCUT2D eigenvalue weighted by molar-refractivity contribution is -0.119. The van der Waals surface area contributed by atoms with Crippen LogP contribution in [-0.2, 0) is 4.79 Å². The highest BCUT2D eigenvalue weighted by Gasteiger charge is 2.27. The molecule has 5 nitrogen and oxygen atoms in total. The van der Waals surface area contributed by atoms with Crippen LogP contribution in [0.4, 0.5) is 5.69 Å². The molecule has 0 bridgehead atoms. The van der Waals surface area contributed by atoms with Crippen molar-refractivity contribution in [3.63, 3.8) is 0 Å². The second-order valence-corrected chi connectivity index (χ2v) is 5.84. The van der Waals surface area contributed by atoms with Crippen molar-refractivity contribution in [1.82, 2.24) is 0 Å². The van der Waals surface area contributed by atoms with Gasteiger partial charge in [0.15, 0.2) is 0 Å². The van der Waals surface area contributed by atoms with E-state index >= 15 is 0 Å². The predicted molar refractivity (Wildman–Crippen MR) is 85.8 cm³/mol. The van der Waals surface area contributed by atoms with E-state index in [1.165, 1.54) is 6.07 Å². The number of nitrogens with two attached hydrogens (primary N) is 1. The van der Waals surface area contributed by atoms with E-state index in [-0.39, 0.29) is 23.7 Å². The molecule has 0 aliphatic carbocycles. The minimum Gasteiger partial charge on any atom is -0.423 e. The Morgan fingerprint density at radius 3 is 2.52 bits per heavy atom. The summed E-state index contributed by atoms with van der Waals surface area (Å²) in [5, 5.41) is 3.51. The minimum absolute atomic E-state index is 0. The normalized spacial score (nSPS) is 12.6. The zero-order valence-electron chi connectivity index (χ0n) is 12.2. The Kier molecular flexibility index (Phi) is 5.15. The van der Waals surface area contributed by atoms with Crippen LogP contribution in [0.3, 0.4) is 0 Å². The molecule has 1 amide bonds. The van der Waals surface area contributed by atoms with E-state index in [1.54, 1.807) is 24.3 Å².